The molecule has 0 aliphatic carbocycles. The smallest absolute Gasteiger partial charge is 0.118 e. The molecule has 0 spiro atoms. The average Bonchev–Trinajstić information content (AvgIpc) is 2.85. The predicted octanol–water partition coefficient (Wildman–Crippen LogP) is 4.75. The zero-order valence-electron chi connectivity index (χ0n) is 9.34. The van der Waals surface area contributed by atoms with Crippen molar-refractivity contribution in [3.8, 4) is 0 Å². The van der Waals surface area contributed by atoms with E-state index >= 15 is 0 Å². The highest BCUT2D eigenvalue weighted by Crippen LogP contribution is 2.31. The molecule has 2 aromatic heterocycles. The van der Waals surface area contributed by atoms with E-state index in [1.165, 1.54) is 10.3 Å². The van der Waals surface area contributed by atoms with Gasteiger partial charge in [0.25, 0.3) is 0 Å². The molecule has 0 aliphatic rings. The summed E-state index contributed by atoms with van der Waals surface area (Å²) in [6, 6.07) is 10.4. The summed E-state index contributed by atoms with van der Waals surface area (Å²) in [5.41, 5.74) is 2.32. The number of aromatic nitrogens is 2. The van der Waals surface area contributed by atoms with Gasteiger partial charge < -0.3 is 0 Å². The van der Waals surface area contributed by atoms with Crippen molar-refractivity contribution in [1.29, 1.82) is 0 Å². The lowest BCUT2D eigenvalue weighted by molar-refractivity contribution is 1.11. The summed E-state index contributed by atoms with van der Waals surface area (Å²) in [5.74, 6) is 0.920. The first-order valence-corrected chi connectivity index (χ1v) is 8.04. The molecule has 0 radical (unpaired) electrons. The van der Waals surface area contributed by atoms with Gasteiger partial charge in [0.15, 0.2) is 0 Å². The van der Waals surface area contributed by atoms with Crippen LogP contribution in [-0.4, -0.2) is 9.97 Å². The number of rotatable bonds is 3. The maximum Gasteiger partial charge on any atom is 0.118 e. The van der Waals surface area contributed by atoms with E-state index in [1.807, 2.05) is 12.1 Å². The van der Waals surface area contributed by atoms with Gasteiger partial charge in [-0.25, -0.2) is 9.97 Å². The number of hydrogen-bond acceptors (Lipinski definition) is 4. The summed E-state index contributed by atoms with van der Waals surface area (Å²) in [4.78, 5) is 8.62. The minimum absolute atomic E-state index is 0.920. The maximum atomic E-state index is 4.37. The zero-order valence-corrected chi connectivity index (χ0v) is 12.6. The van der Waals surface area contributed by atoms with Crippen LogP contribution in [0.25, 0.3) is 10.2 Å². The van der Waals surface area contributed by atoms with E-state index in [9.17, 15) is 0 Å². The maximum absolute atomic E-state index is 4.37. The lowest BCUT2D eigenvalue weighted by atomic mass is 10.2. The van der Waals surface area contributed by atoms with Gasteiger partial charge >= 0.3 is 0 Å². The Bertz CT molecular complexity index is 681. The van der Waals surface area contributed by atoms with Gasteiger partial charge in [-0.2, -0.15) is 0 Å². The van der Waals surface area contributed by atoms with Gasteiger partial charge in [-0.15, -0.1) is 23.1 Å². The van der Waals surface area contributed by atoms with Crippen LogP contribution in [0.2, 0.25) is 0 Å². The molecule has 5 heteroatoms. The van der Waals surface area contributed by atoms with Crippen molar-refractivity contribution < 1.29 is 0 Å². The van der Waals surface area contributed by atoms with Gasteiger partial charge in [-0.05, 0) is 29.1 Å². The highest BCUT2D eigenvalue weighted by Gasteiger charge is 2.05. The molecule has 3 aromatic rings. The second kappa shape index (κ2) is 5.38. The molecule has 0 atom stereocenters. The number of hydrogen-bond donors (Lipinski definition) is 0. The van der Waals surface area contributed by atoms with Gasteiger partial charge in [0, 0.05) is 10.2 Å². The zero-order chi connectivity index (χ0) is 12.4. The molecule has 1 aromatic carbocycles. The third-order valence-corrected chi connectivity index (χ3v) is 5.07. The molecular formula is C13H9BrN2S2. The summed E-state index contributed by atoms with van der Waals surface area (Å²) < 4.78 is 2.29. The summed E-state index contributed by atoms with van der Waals surface area (Å²) in [6.45, 7) is 0. The fourth-order valence-electron chi connectivity index (χ4n) is 1.65. The van der Waals surface area contributed by atoms with Crippen molar-refractivity contribution in [2.45, 2.75) is 10.8 Å². The Kier molecular flexibility index (Phi) is 3.63. The molecular weight excluding hydrogens is 328 g/mol. The molecule has 0 unspecified atom stereocenters. The van der Waals surface area contributed by atoms with Gasteiger partial charge in [0.2, 0.25) is 0 Å². The molecule has 0 saturated heterocycles. The largest absolute Gasteiger partial charge is 0.235 e. The molecule has 0 fully saturated rings. The standard InChI is InChI=1S/C13H9BrN2S2/c14-10-3-1-2-9(6-10)7-18-13-12-11(4-5-17-12)15-8-16-13/h1-6,8H,7H2. The van der Waals surface area contributed by atoms with Crippen LogP contribution in [0.5, 0.6) is 0 Å². The third kappa shape index (κ3) is 2.58. The first kappa shape index (κ1) is 12.1. The molecule has 0 aliphatic heterocycles. The second-order valence-electron chi connectivity index (χ2n) is 3.73. The number of nitrogens with zero attached hydrogens (tertiary/aromatic N) is 2. The quantitative estimate of drug-likeness (QED) is 0.510. The number of thioether (sulfide) groups is 1. The summed E-state index contributed by atoms with van der Waals surface area (Å²) in [5, 5.41) is 3.12. The predicted molar refractivity (Wildman–Crippen MR) is 81.1 cm³/mol. The van der Waals surface area contributed by atoms with Crippen LogP contribution in [0.1, 0.15) is 5.56 Å². The Hall–Kier alpha value is -0.910. The van der Waals surface area contributed by atoms with Gasteiger partial charge in [-0.1, -0.05) is 28.1 Å². The van der Waals surface area contributed by atoms with E-state index in [1.54, 1.807) is 29.4 Å². The van der Waals surface area contributed by atoms with Crippen molar-refractivity contribution in [2.24, 2.45) is 0 Å². The Morgan fingerprint density at radius 3 is 3.06 bits per heavy atom. The van der Waals surface area contributed by atoms with Crippen LogP contribution in [0, 0.1) is 0 Å². The van der Waals surface area contributed by atoms with E-state index in [-0.39, 0.29) is 0 Å². The van der Waals surface area contributed by atoms with Crippen molar-refractivity contribution in [1.82, 2.24) is 9.97 Å². The molecule has 0 amide bonds. The first-order valence-electron chi connectivity index (χ1n) is 5.38. The van der Waals surface area contributed by atoms with Crippen molar-refractivity contribution in [3.63, 3.8) is 0 Å². The Balaban J connectivity index is 1.83. The Morgan fingerprint density at radius 1 is 1.22 bits per heavy atom. The lowest BCUT2D eigenvalue weighted by Gasteiger charge is -2.02. The van der Waals surface area contributed by atoms with Crippen LogP contribution in [0.4, 0.5) is 0 Å². The van der Waals surface area contributed by atoms with E-state index in [0.717, 1.165) is 20.8 Å². The molecule has 18 heavy (non-hydrogen) atoms. The lowest BCUT2D eigenvalue weighted by Crippen LogP contribution is -1.85. The van der Waals surface area contributed by atoms with Crippen LogP contribution < -0.4 is 0 Å². The Morgan fingerprint density at radius 2 is 2.17 bits per heavy atom. The monoisotopic (exact) mass is 336 g/mol. The highest BCUT2D eigenvalue weighted by atomic mass is 79.9. The van der Waals surface area contributed by atoms with E-state index in [4.69, 9.17) is 0 Å². The number of thiophene rings is 1. The molecule has 90 valence electrons. The fourth-order valence-corrected chi connectivity index (χ4v) is 3.98. The number of fused-ring (bicyclic) bond motifs is 1. The van der Waals surface area contributed by atoms with E-state index in [0.29, 0.717) is 0 Å². The van der Waals surface area contributed by atoms with Crippen molar-refractivity contribution >= 4 is 49.2 Å². The molecule has 0 saturated carbocycles. The molecule has 0 bridgehead atoms. The van der Waals surface area contributed by atoms with Crippen LogP contribution >= 0.6 is 39.0 Å². The number of benzene rings is 1. The molecule has 3 rings (SSSR count). The van der Waals surface area contributed by atoms with Gasteiger partial charge in [0.1, 0.15) is 11.4 Å². The third-order valence-electron chi connectivity index (χ3n) is 2.48. The van der Waals surface area contributed by atoms with E-state index < -0.39 is 0 Å². The topological polar surface area (TPSA) is 25.8 Å². The second-order valence-corrected chi connectivity index (χ2v) is 6.53. The fraction of sp³-hybridized carbons (Fsp3) is 0.0769. The Labute approximate surface area is 122 Å². The first-order chi connectivity index (χ1) is 8.83. The molecule has 0 N–H and O–H groups in total. The summed E-state index contributed by atoms with van der Waals surface area (Å²) in [7, 11) is 0. The van der Waals surface area contributed by atoms with Crippen LogP contribution in [0.15, 0.2) is 51.5 Å². The van der Waals surface area contributed by atoms with E-state index in [2.05, 4.69) is 49.5 Å². The van der Waals surface area contributed by atoms with Crippen molar-refractivity contribution in [2.75, 3.05) is 0 Å². The SMILES string of the molecule is Brc1cccc(CSc2ncnc3ccsc23)c1. The summed E-state index contributed by atoms with van der Waals surface area (Å²) in [6.07, 6.45) is 1.64. The molecule has 2 heterocycles. The van der Waals surface area contributed by atoms with Gasteiger partial charge in [-0.3, -0.25) is 0 Å². The van der Waals surface area contributed by atoms with Crippen LogP contribution in [0.3, 0.4) is 0 Å². The molecule has 2 nitrogen and oxygen atoms in total. The number of halogens is 1. The van der Waals surface area contributed by atoms with Crippen molar-refractivity contribution in [3.05, 3.63) is 52.1 Å². The van der Waals surface area contributed by atoms with Crippen LogP contribution in [-0.2, 0) is 5.75 Å². The normalized spacial score (nSPS) is 10.9. The summed E-state index contributed by atoms with van der Waals surface area (Å²) >= 11 is 6.94. The van der Waals surface area contributed by atoms with Gasteiger partial charge in [0.05, 0.1) is 10.2 Å². The highest BCUT2D eigenvalue weighted by molar-refractivity contribution is 9.10. The average molecular weight is 337 g/mol. The minimum atomic E-state index is 0.920. The minimum Gasteiger partial charge on any atom is -0.235 e.